The molecule has 0 aliphatic rings. The van der Waals surface area contributed by atoms with Crippen molar-refractivity contribution >= 4 is 40.3 Å². The molecule has 0 saturated carbocycles. The van der Waals surface area contributed by atoms with Gasteiger partial charge in [-0.3, -0.25) is 9.59 Å². The van der Waals surface area contributed by atoms with Crippen LogP contribution in [0.2, 0.25) is 0 Å². The average molecular weight is 344 g/mol. The minimum absolute atomic E-state index is 0.117. The van der Waals surface area contributed by atoms with Crippen molar-refractivity contribution in [3.8, 4) is 0 Å². The summed E-state index contributed by atoms with van der Waals surface area (Å²) in [4.78, 5) is 30.5. The maximum absolute atomic E-state index is 12.6. The van der Waals surface area contributed by atoms with Crippen LogP contribution in [-0.4, -0.2) is 23.5 Å². The molecular formula is C21H16N2O3. The van der Waals surface area contributed by atoms with Gasteiger partial charge in [0.05, 0.1) is 6.21 Å². The molecule has 2 aromatic carbocycles. The lowest BCUT2D eigenvalue weighted by Crippen LogP contribution is -2.00. The largest absolute Gasteiger partial charge is 0.355 e. The summed E-state index contributed by atoms with van der Waals surface area (Å²) in [6.07, 6.45) is 6.16. The van der Waals surface area contributed by atoms with Crippen LogP contribution in [0.1, 0.15) is 15.9 Å². The summed E-state index contributed by atoms with van der Waals surface area (Å²) < 4.78 is 0. The molecule has 0 unspecified atom stereocenters. The molecule has 0 fully saturated rings. The molecule has 0 aliphatic carbocycles. The minimum Gasteiger partial charge on any atom is -0.355 e. The molecule has 0 amide bonds. The molecule has 0 aliphatic heterocycles. The van der Waals surface area contributed by atoms with Gasteiger partial charge in [-0.05, 0) is 35.9 Å². The Kier molecular flexibility index (Phi) is 4.90. The van der Waals surface area contributed by atoms with Gasteiger partial charge in [0.1, 0.15) is 0 Å². The summed E-state index contributed by atoms with van der Waals surface area (Å²) in [5, 5.41) is 5.40. The Bertz CT molecular complexity index is 1090. The van der Waals surface area contributed by atoms with Crippen molar-refractivity contribution < 1.29 is 14.4 Å². The third-order valence-electron chi connectivity index (χ3n) is 3.97. The van der Waals surface area contributed by atoms with Gasteiger partial charge in [0.2, 0.25) is 0 Å². The molecule has 1 heterocycles. The predicted octanol–water partition coefficient (Wildman–Crippen LogP) is 4.31. The fraction of sp³-hybridized carbons (Fsp3) is 0. The van der Waals surface area contributed by atoms with Crippen molar-refractivity contribution in [2.75, 3.05) is 0 Å². The summed E-state index contributed by atoms with van der Waals surface area (Å²) >= 11 is 0. The van der Waals surface area contributed by atoms with Gasteiger partial charge in [0.25, 0.3) is 0 Å². The monoisotopic (exact) mass is 344 g/mol. The number of carbonyl (C=O) groups excluding carboxylic acids is 2. The van der Waals surface area contributed by atoms with E-state index in [-0.39, 0.29) is 12.3 Å². The molecule has 26 heavy (non-hydrogen) atoms. The lowest BCUT2D eigenvalue weighted by molar-refractivity contribution is -0.128. The van der Waals surface area contributed by atoms with Gasteiger partial charge in [-0.15, -0.1) is 0 Å². The van der Waals surface area contributed by atoms with Crippen LogP contribution >= 0.6 is 0 Å². The van der Waals surface area contributed by atoms with E-state index < -0.39 is 0 Å². The molecule has 0 radical (unpaired) electrons. The number of aromatic amines is 1. The Hall–Kier alpha value is -3.73. The van der Waals surface area contributed by atoms with Gasteiger partial charge in [0.15, 0.2) is 5.78 Å². The Morgan fingerprint density at radius 1 is 1.08 bits per heavy atom. The van der Waals surface area contributed by atoms with Crippen LogP contribution in [0.5, 0.6) is 0 Å². The van der Waals surface area contributed by atoms with Crippen LogP contribution in [-0.2, 0) is 9.63 Å². The summed E-state index contributed by atoms with van der Waals surface area (Å²) in [6, 6.07) is 11.2. The van der Waals surface area contributed by atoms with Gasteiger partial charge in [-0.2, -0.15) is 0 Å². The first-order chi connectivity index (χ1) is 12.7. The van der Waals surface area contributed by atoms with Crippen molar-refractivity contribution in [3.05, 3.63) is 84.5 Å². The number of Topliss-reactive ketones (excluding diaryl/α,β-unsaturated/α-hetero) is 1. The number of fused-ring (bicyclic) bond motifs is 3. The van der Waals surface area contributed by atoms with Gasteiger partial charge >= 0.3 is 6.47 Å². The van der Waals surface area contributed by atoms with E-state index in [1.165, 1.54) is 12.3 Å². The molecule has 0 atom stereocenters. The van der Waals surface area contributed by atoms with Crippen molar-refractivity contribution in [1.82, 2.24) is 4.98 Å². The van der Waals surface area contributed by atoms with Crippen LogP contribution in [0.15, 0.2) is 78.5 Å². The second-order valence-electron chi connectivity index (χ2n) is 5.52. The van der Waals surface area contributed by atoms with Gasteiger partial charge in [-0.25, -0.2) is 0 Å². The standard InChI is InChI=1S/C21H16N2O3/c1-3-5-15(4-2)21(25)16-7-9-20-18(11-16)17-10-14(12-22-26-13-24)6-8-19(17)23-20/h3-13,23H,1-2H2/b15-5+,22-12+. The third-order valence-corrected chi connectivity index (χ3v) is 3.97. The normalized spacial score (nSPS) is 11.8. The van der Waals surface area contributed by atoms with E-state index in [1.54, 1.807) is 18.2 Å². The van der Waals surface area contributed by atoms with Crippen LogP contribution in [0.3, 0.4) is 0 Å². The summed E-state index contributed by atoms with van der Waals surface area (Å²) in [6.45, 7) is 7.56. The molecule has 0 bridgehead atoms. The SMILES string of the molecule is C=C/C=C(\C=C)C(=O)c1ccc2[nH]c3ccc(/C=N/OC=O)cc3c2c1. The second kappa shape index (κ2) is 7.44. The lowest BCUT2D eigenvalue weighted by atomic mass is 10.0. The highest BCUT2D eigenvalue weighted by Crippen LogP contribution is 2.27. The fourth-order valence-corrected chi connectivity index (χ4v) is 2.78. The molecule has 3 rings (SSSR count). The highest BCUT2D eigenvalue weighted by Gasteiger charge is 2.12. The number of hydrogen-bond acceptors (Lipinski definition) is 4. The molecule has 1 N–H and O–H groups in total. The van der Waals surface area contributed by atoms with E-state index in [1.807, 2.05) is 30.3 Å². The summed E-state index contributed by atoms with van der Waals surface area (Å²) in [5.41, 5.74) is 3.68. The Morgan fingerprint density at radius 2 is 1.81 bits per heavy atom. The van der Waals surface area contributed by atoms with Crippen molar-refractivity contribution in [3.63, 3.8) is 0 Å². The maximum atomic E-state index is 12.6. The van der Waals surface area contributed by atoms with E-state index >= 15 is 0 Å². The molecule has 5 nitrogen and oxygen atoms in total. The number of hydrogen-bond donors (Lipinski definition) is 1. The Morgan fingerprint density at radius 3 is 2.50 bits per heavy atom. The van der Waals surface area contributed by atoms with Crippen LogP contribution in [0, 0.1) is 0 Å². The van der Waals surface area contributed by atoms with Crippen molar-refractivity contribution in [2.45, 2.75) is 0 Å². The third kappa shape index (κ3) is 3.23. The topological polar surface area (TPSA) is 71.5 Å². The zero-order valence-electron chi connectivity index (χ0n) is 13.9. The van der Waals surface area contributed by atoms with E-state index in [0.29, 0.717) is 11.1 Å². The summed E-state index contributed by atoms with van der Waals surface area (Å²) in [5.74, 6) is -0.117. The van der Waals surface area contributed by atoms with Crippen molar-refractivity contribution in [1.29, 1.82) is 0 Å². The van der Waals surface area contributed by atoms with E-state index in [0.717, 1.165) is 27.4 Å². The number of nitrogens with zero attached hydrogens (tertiary/aromatic N) is 1. The molecule has 5 heteroatoms. The van der Waals surface area contributed by atoms with Crippen LogP contribution in [0.4, 0.5) is 0 Å². The molecule has 0 spiro atoms. The number of nitrogens with one attached hydrogen (secondary N) is 1. The van der Waals surface area contributed by atoms with Crippen LogP contribution in [0.25, 0.3) is 21.8 Å². The maximum Gasteiger partial charge on any atom is 0.323 e. The number of ketones is 1. The number of oxime groups is 1. The Balaban J connectivity index is 2.11. The van der Waals surface area contributed by atoms with E-state index in [2.05, 4.69) is 28.1 Å². The first kappa shape index (κ1) is 17.1. The number of rotatable bonds is 7. The number of benzene rings is 2. The van der Waals surface area contributed by atoms with Gasteiger partial charge < -0.3 is 9.82 Å². The van der Waals surface area contributed by atoms with Crippen molar-refractivity contribution in [2.24, 2.45) is 5.16 Å². The highest BCUT2D eigenvalue weighted by molar-refractivity contribution is 6.15. The quantitative estimate of drug-likeness (QED) is 0.132. The number of carbonyl (C=O) groups is 2. The van der Waals surface area contributed by atoms with Crippen LogP contribution < -0.4 is 0 Å². The fourth-order valence-electron chi connectivity index (χ4n) is 2.78. The average Bonchev–Trinajstić information content (AvgIpc) is 3.03. The molecule has 128 valence electrons. The Labute approximate surface area is 150 Å². The van der Waals surface area contributed by atoms with Gasteiger partial charge in [-0.1, -0.05) is 42.6 Å². The zero-order chi connectivity index (χ0) is 18.5. The first-order valence-corrected chi connectivity index (χ1v) is 7.86. The first-order valence-electron chi connectivity index (χ1n) is 7.86. The molecule has 3 aromatic rings. The minimum atomic E-state index is -0.117. The highest BCUT2D eigenvalue weighted by atomic mass is 16.7. The number of aromatic nitrogens is 1. The molecular weight excluding hydrogens is 328 g/mol. The second-order valence-corrected chi connectivity index (χ2v) is 5.52. The zero-order valence-corrected chi connectivity index (χ0v) is 13.9. The molecule has 1 aromatic heterocycles. The lowest BCUT2D eigenvalue weighted by Gasteiger charge is -2.02. The molecule has 0 saturated heterocycles. The smallest absolute Gasteiger partial charge is 0.323 e. The number of allylic oxidation sites excluding steroid dienone is 4. The summed E-state index contributed by atoms with van der Waals surface area (Å²) in [7, 11) is 0. The van der Waals surface area contributed by atoms with E-state index in [4.69, 9.17) is 0 Å². The van der Waals surface area contributed by atoms with E-state index in [9.17, 15) is 9.59 Å². The predicted molar refractivity (Wildman–Crippen MR) is 103 cm³/mol. The van der Waals surface area contributed by atoms with Gasteiger partial charge in [0, 0.05) is 32.9 Å². The number of H-pyrrole nitrogens is 1.